The molecule has 0 spiro atoms. The van der Waals surface area contributed by atoms with Crippen LogP contribution in [-0.4, -0.2) is 13.2 Å². The van der Waals surface area contributed by atoms with Crippen molar-refractivity contribution in [3.63, 3.8) is 0 Å². The molecule has 1 rings (SSSR count). The minimum absolute atomic E-state index is 0.706. The number of ether oxygens (including phenoxy) is 2. The second-order valence-corrected chi connectivity index (χ2v) is 4.91. The summed E-state index contributed by atoms with van der Waals surface area (Å²) in [7, 11) is 0. The lowest BCUT2D eigenvalue weighted by Crippen LogP contribution is -2.21. The van der Waals surface area contributed by atoms with Gasteiger partial charge in [0.15, 0.2) is 0 Å². The molecule has 0 aliphatic heterocycles. The molecular formula is C14H24O2. The van der Waals surface area contributed by atoms with Crippen LogP contribution in [0.25, 0.3) is 0 Å². The lowest BCUT2D eigenvalue weighted by Gasteiger charge is -2.28. The van der Waals surface area contributed by atoms with Gasteiger partial charge in [-0.15, -0.1) is 0 Å². The molecule has 0 amide bonds. The third kappa shape index (κ3) is 5.24. The smallest absolute Gasteiger partial charge is 0.0905 e. The first kappa shape index (κ1) is 13.1. The standard InChI is InChI=1S/C14H24O2/c1-11(2)15-9-13-5-7-14(8-6-13)10-16-12(3)4/h13-14H,1,3,5-10H2,2,4H3. The SMILES string of the molecule is C=C(C)OCC1CCC(COC(=C)C)CC1. The van der Waals surface area contributed by atoms with Gasteiger partial charge in [0.1, 0.15) is 0 Å². The first-order valence-electron chi connectivity index (χ1n) is 6.14. The molecule has 0 heterocycles. The van der Waals surface area contributed by atoms with Crippen LogP contribution in [0.2, 0.25) is 0 Å². The van der Waals surface area contributed by atoms with E-state index in [9.17, 15) is 0 Å². The summed E-state index contributed by atoms with van der Waals surface area (Å²) in [5.41, 5.74) is 0. The van der Waals surface area contributed by atoms with E-state index in [1.165, 1.54) is 25.7 Å². The Bertz CT molecular complexity index is 211. The van der Waals surface area contributed by atoms with Crippen LogP contribution >= 0.6 is 0 Å². The first-order chi connectivity index (χ1) is 7.58. The van der Waals surface area contributed by atoms with E-state index in [4.69, 9.17) is 9.47 Å². The summed E-state index contributed by atoms with van der Waals surface area (Å²) in [4.78, 5) is 0. The van der Waals surface area contributed by atoms with E-state index < -0.39 is 0 Å². The topological polar surface area (TPSA) is 18.5 Å². The molecule has 0 aromatic carbocycles. The molecule has 0 aromatic rings. The molecular weight excluding hydrogens is 200 g/mol. The fraction of sp³-hybridized carbons (Fsp3) is 0.714. The van der Waals surface area contributed by atoms with Crippen molar-refractivity contribution in [2.75, 3.05) is 13.2 Å². The van der Waals surface area contributed by atoms with E-state index in [1.807, 2.05) is 13.8 Å². The van der Waals surface area contributed by atoms with Gasteiger partial charge in [0, 0.05) is 0 Å². The maximum absolute atomic E-state index is 5.47. The molecule has 2 heteroatoms. The normalized spacial score (nSPS) is 24.9. The van der Waals surface area contributed by atoms with Crippen molar-refractivity contribution in [1.29, 1.82) is 0 Å². The zero-order valence-electron chi connectivity index (χ0n) is 10.6. The number of hydrogen-bond acceptors (Lipinski definition) is 2. The highest BCUT2D eigenvalue weighted by Gasteiger charge is 2.21. The van der Waals surface area contributed by atoms with Gasteiger partial charge in [-0.2, -0.15) is 0 Å². The van der Waals surface area contributed by atoms with E-state index >= 15 is 0 Å². The molecule has 1 aliphatic rings. The van der Waals surface area contributed by atoms with Gasteiger partial charge in [0.05, 0.1) is 24.7 Å². The first-order valence-corrected chi connectivity index (χ1v) is 6.14. The van der Waals surface area contributed by atoms with Crippen molar-refractivity contribution < 1.29 is 9.47 Å². The summed E-state index contributed by atoms with van der Waals surface area (Å²) in [6, 6.07) is 0. The molecule has 0 atom stereocenters. The monoisotopic (exact) mass is 224 g/mol. The molecule has 16 heavy (non-hydrogen) atoms. The highest BCUT2D eigenvalue weighted by molar-refractivity contribution is 4.79. The van der Waals surface area contributed by atoms with Gasteiger partial charge in [0.2, 0.25) is 0 Å². The van der Waals surface area contributed by atoms with E-state index in [1.54, 1.807) is 0 Å². The van der Waals surface area contributed by atoms with Crippen LogP contribution in [0.3, 0.4) is 0 Å². The van der Waals surface area contributed by atoms with E-state index in [0.29, 0.717) is 11.8 Å². The molecule has 0 unspecified atom stereocenters. The van der Waals surface area contributed by atoms with Crippen molar-refractivity contribution in [3.8, 4) is 0 Å². The fourth-order valence-electron chi connectivity index (χ4n) is 2.09. The summed E-state index contributed by atoms with van der Waals surface area (Å²) in [5.74, 6) is 3.07. The third-order valence-electron chi connectivity index (χ3n) is 3.10. The summed E-state index contributed by atoms with van der Waals surface area (Å²) in [5, 5.41) is 0. The number of hydrogen-bond donors (Lipinski definition) is 0. The lowest BCUT2D eigenvalue weighted by molar-refractivity contribution is 0.0968. The largest absolute Gasteiger partial charge is 0.499 e. The van der Waals surface area contributed by atoms with Gasteiger partial charge in [-0.25, -0.2) is 0 Å². The Labute approximate surface area is 99.3 Å². The summed E-state index contributed by atoms with van der Waals surface area (Å²) in [6.07, 6.45) is 4.99. The third-order valence-corrected chi connectivity index (χ3v) is 3.10. The Morgan fingerprint density at radius 2 is 1.19 bits per heavy atom. The quantitative estimate of drug-likeness (QED) is 0.637. The zero-order chi connectivity index (χ0) is 12.0. The molecule has 0 saturated heterocycles. The van der Waals surface area contributed by atoms with Gasteiger partial charge in [-0.1, -0.05) is 13.2 Å². The zero-order valence-corrected chi connectivity index (χ0v) is 10.6. The van der Waals surface area contributed by atoms with E-state index in [0.717, 1.165) is 24.7 Å². The summed E-state index contributed by atoms with van der Waals surface area (Å²) in [6.45, 7) is 13.0. The predicted molar refractivity (Wildman–Crippen MR) is 67.0 cm³/mol. The second-order valence-electron chi connectivity index (χ2n) is 4.91. The minimum atomic E-state index is 0.706. The molecule has 1 aliphatic carbocycles. The van der Waals surface area contributed by atoms with E-state index in [-0.39, 0.29) is 0 Å². The van der Waals surface area contributed by atoms with E-state index in [2.05, 4.69) is 13.2 Å². The maximum atomic E-state index is 5.47. The predicted octanol–water partition coefficient (Wildman–Crippen LogP) is 3.89. The Morgan fingerprint density at radius 1 is 0.875 bits per heavy atom. The van der Waals surface area contributed by atoms with Gasteiger partial charge in [-0.3, -0.25) is 0 Å². The van der Waals surface area contributed by atoms with Gasteiger partial charge >= 0.3 is 0 Å². The van der Waals surface area contributed by atoms with Crippen LogP contribution in [0, 0.1) is 11.8 Å². The average molecular weight is 224 g/mol. The Hall–Kier alpha value is -0.920. The van der Waals surface area contributed by atoms with Gasteiger partial charge in [0.25, 0.3) is 0 Å². The van der Waals surface area contributed by atoms with Crippen LogP contribution in [-0.2, 0) is 9.47 Å². The van der Waals surface area contributed by atoms with Crippen LogP contribution in [0.15, 0.2) is 24.7 Å². The summed E-state index contributed by atoms with van der Waals surface area (Å²) >= 11 is 0. The molecule has 0 bridgehead atoms. The maximum Gasteiger partial charge on any atom is 0.0905 e. The van der Waals surface area contributed by atoms with Crippen LogP contribution in [0.5, 0.6) is 0 Å². The molecule has 0 N–H and O–H groups in total. The van der Waals surface area contributed by atoms with Gasteiger partial charge < -0.3 is 9.47 Å². The molecule has 1 fully saturated rings. The highest BCUT2D eigenvalue weighted by Crippen LogP contribution is 2.29. The van der Waals surface area contributed by atoms with Crippen LogP contribution in [0.1, 0.15) is 39.5 Å². The minimum Gasteiger partial charge on any atom is -0.499 e. The lowest BCUT2D eigenvalue weighted by atomic mass is 9.83. The fourth-order valence-corrected chi connectivity index (χ4v) is 2.09. The Balaban J connectivity index is 2.13. The average Bonchev–Trinajstić information content (AvgIpc) is 2.25. The van der Waals surface area contributed by atoms with Crippen LogP contribution < -0.4 is 0 Å². The number of rotatable bonds is 6. The Kier molecular flexibility index (Phi) is 5.44. The van der Waals surface area contributed by atoms with Crippen molar-refractivity contribution in [3.05, 3.63) is 24.7 Å². The molecule has 92 valence electrons. The summed E-state index contributed by atoms with van der Waals surface area (Å²) < 4.78 is 10.9. The van der Waals surface area contributed by atoms with Crippen molar-refractivity contribution in [2.24, 2.45) is 11.8 Å². The van der Waals surface area contributed by atoms with Crippen molar-refractivity contribution in [1.82, 2.24) is 0 Å². The van der Waals surface area contributed by atoms with Gasteiger partial charge in [-0.05, 0) is 51.4 Å². The molecule has 0 radical (unpaired) electrons. The molecule has 0 aromatic heterocycles. The number of allylic oxidation sites excluding steroid dienone is 2. The highest BCUT2D eigenvalue weighted by atomic mass is 16.5. The second kappa shape index (κ2) is 6.62. The van der Waals surface area contributed by atoms with Crippen LogP contribution in [0.4, 0.5) is 0 Å². The van der Waals surface area contributed by atoms with Crippen molar-refractivity contribution in [2.45, 2.75) is 39.5 Å². The molecule has 2 nitrogen and oxygen atoms in total. The molecule has 1 saturated carbocycles. The Morgan fingerprint density at radius 3 is 1.44 bits per heavy atom. The van der Waals surface area contributed by atoms with Crippen molar-refractivity contribution >= 4 is 0 Å².